The third kappa shape index (κ3) is 2.39. The minimum absolute atomic E-state index is 0.0000926. The maximum Gasteiger partial charge on any atom is 0.307 e. The summed E-state index contributed by atoms with van der Waals surface area (Å²) in [6.45, 7) is 0. The van der Waals surface area contributed by atoms with Crippen LogP contribution >= 0.6 is 11.6 Å². The number of phenols is 1. The van der Waals surface area contributed by atoms with Crippen molar-refractivity contribution in [2.24, 2.45) is 0 Å². The third-order valence-corrected chi connectivity index (χ3v) is 2.24. The van der Waals surface area contributed by atoms with Crippen LogP contribution < -0.4 is 0 Å². The van der Waals surface area contributed by atoms with Crippen LogP contribution in [0.1, 0.15) is 16.7 Å². The molecule has 0 aliphatic carbocycles. The molecule has 4 nitrogen and oxygen atoms in total. The van der Waals surface area contributed by atoms with Gasteiger partial charge in [-0.1, -0.05) is 6.07 Å². The largest absolute Gasteiger partial charge is 0.507 e. The van der Waals surface area contributed by atoms with E-state index >= 15 is 0 Å². The van der Waals surface area contributed by atoms with Gasteiger partial charge in [-0.05, 0) is 17.2 Å². The van der Waals surface area contributed by atoms with E-state index in [2.05, 4.69) is 0 Å². The molecule has 0 bridgehead atoms. The van der Waals surface area contributed by atoms with Gasteiger partial charge in [0.2, 0.25) is 0 Å². The van der Waals surface area contributed by atoms with E-state index < -0.39 is 5.97 Å². The lowest BCUT2D eigenvalue weighted by molar-refractivity contribution is -0.136. The van der Waals surface area contributed by atoms with Crippen LogP contribution in [0.5, 0.6) is 5.75 Å². The Bertz CT molecular complexity index is 437. The first-order valence-electron chi connectivity index (χ1n) is 4.11. The fraction of sp³-hybridized carbons (Fsp3) is 0.200. The highest BCUT2D eigenvalue weighted by atomic mass is 35.5. The maximum atomic E-state index is 10.5. The SMILES string of the molecule is N#Cc1c(O)ccc(CC(=O)O)c1CCl. The summed E-state index contributed by atoms with van der Waals surface area (Å²) in [6.07, 6.45) is -0.211. The normalized spacial score (nSPS) is 9.60. The highest BCUT2D eigenvalue weighted by Gasteiger charge is 2.13. The molecule has 0 amide bonds. The van der Waals surface area contributed by atoms with E-state index in [1.165, 1.54) is 12.1 Å². The Morgan fingerprint density at radius 2 is 2.20 bits per heavy atom. The van der Waals surface area contributed by atoms with Crippen LogP contribution in [0.25, 0.3) is 0 Å². The Balaban J connectivity index is 3.30. The van der Waals surface area contributed by atoms with Gasteiger partial charge in [-0.25, -0.2) is 0 Å². The number of rotatable bonds is 3. The molecular formula is C10H8ClNO3. The molecule has 78 valence electrons. The van der Waals surface area contributed by atoms with E-state index in [4.69, 9.17) is 22.0 Å². The van der Waals surface area contributed by atoms with Gasteiger partial charge in [0.15, 0.2) is 0 Å². The molecule has 0 radical (unpaired) electrons. The summed E-state index contributed by atoms with van der Waals surface area (Å²) >= 11 is 5.62. The van der Waals surface area contributed by atoms with Crippen LogP contribution in [-0.2, 0) is 17.1 Å². The zero-order chi connectivity index (χ0) is 11.4. The number of carboxylic acids is 1. The number of aliphatic carboxylic acids is 1. The lowest BCUT2D eigenvalue weighted by Gasteiger charge is -2.07. The summed E-state index contributed by atoms with van der Waals surface area (Å²) in [5.41, 5.74) is 0.872. The van der Waals surface area contributed by atoms with E-state index in [-0.39, 0.29) is 23.6 Å². The molecule has 1 aromatic rings. The summed E-state index contributed by atoms with van der Waals surface area (Å²) in [5.74, 6) is -1.18. The lowest BCUT2D eigenvalue weighted by Crippen LogP contribution is -2.04. The number of carbonyl (C=O) groups is 1. The van der Waals surface area contributed by atoms with Crippen molar-refractivity contribution < 1.29 is 15.0 Å². The molecule has 0 saturated carbocycles. The van der Waals surface area contributed by atoms with Gasteiger partial charge >= 0.3 is 5.97 Å². The summed E-state index contributed by atoms with van der Waals surface area (Å²) in [5, 5.41) is 26.8. The van der Waals surface area contributed by atoms with Crippen LogP contribution in [0.2, 0.25) is 0 Å². The molecule has 0 aromatic heterocycles. The lowest BCUT2D eigenvalue weighted by atomic mass is 10.00. The van der Waals surface area contributed by atoms with Gasteiger partial charge in [0.1, 0.15) is 11.8 Å². The molecule has 1 aromatic carbocycles. The number of nitriles is 1. The van der Waals surface area contributed by atoms with Gasteiger partial charge in [-0.15, -0.1) is 11.6 Å². The topological polar surface area (TPSA) is 81.3 Å². The van der Waals surface area contributed by atoms with Gasteiger partial charge in [0, 0.05) is 5.88 Å². The first-order chi connectivity index (χ1) is 7.10. The van der Waals surface area contributed by atoms with Gasteiger partial charge in [-0.3, -0.25) is 4.79 Å². The minimum Gasteiger partial charge on any atom is -0.507 e. The Morgan fingerprint density at radius 3 is 2.67 bits per heavy atom. The summed E-state index contributed by atoms with van der Waals surface area (Å²) in [4.78, 5) is 10.5. The maximum absolute atomic E-state index is 10.5. The molecule has 1 rings (SSSR count). The van der Waals surface area contributed by atoms with Gasteiger partial charge in [-0.2, -0.15) is 5.26 Å². The molecule has 0 fully saturated rings. The number of benzene rings is 1. The van der Waals surface area contributed by atoms with Gasteiger partial charge in [0.05, 0.1) is 12.0 Å². The summed E-state index contributed by atoms with van der Waals surface area (Å²) < 4.78 is 0. The monoisotopic (exact) mass is 225 g/mol. The first-order valence-corrected chi connectivity index (χ1v) is 4.65. The number of carboxylic acid groups (broad SMARTS) is 1. The summed E-state index contributed by atoms with van der Waals surface area (Å²) in [6, 6.07) is 4.56. The van der Waals surface area contributed by atoms with Crippen LogP contribution in [0, 0.1) is 11.3 Å². The van der Waals surface area contributed by atoms with E-state index in [9.17, 15) is 9.90 Å². The second-order valence-corrected chi connectivity index (χ2v) is 3.18. The molecule has 0 aliphatic heterocycles. The molecule has 15 heavy (non-hydrogen) atoms. The molecular weight excluding hydrogens is 218 g/mol. The number of aromatic hydroxyl groups is 1. The zero-order valence-electron chi connectivity index (χ0n) is 7.70. The van der Waals surface area contributed by atoms with Crippen molar-refractivity contribution in [2.75, 3.05) is 0 Å². The van der Waals surface area contributed by atoms with Crippen LogP contribution in [-0.4, -0.2) is 16.2 Å². The number of hydrogen-bond donors (Lipinski definition) is 2. The average molecular weight is 226 g/mol. The molecule has 2 N–H and O–H groups in total. The van der Waals surface area contributed by atoms with Gasteiger partial charge < -0.3 is 10.2 Å². The van der Waals surface area contributed by atoms with Crippen molar-refractivity contribution >= 4 is 17.6 Å². The zero-order valence-corrected chi connectivity index (χ0v) is 8.45. The molecule has 0 aliphatic rings. The quantitative estimate of drug-likeness (QED) is 0.766. The Kier molecular flexibility index (Phi) is 3.53. The van der Waals surface area contributed by atoms with Crippen molar-refractivity contribution in [1.82, 2.24) is 0 Å². The molecule has 5 heteroatoms. The van der Waals surface area contributed by atoms with E-state index in [0.29, 0.717) is 11.1 Å². The fourth-order valence-electron chi connectivity index (χ4n) is 1.28. The molecule has 0 unspecified atom stereocenters. The van der Waals surface area contributed by atoms with Crippen molar-refractivity contribution in [3.8, 4) is 11.8 Å². The molecule has 0 heterocycles. The second kappa shape index (κ2) is 4.67. The predicted molar refractivity (Wildman–Crippen MR) is 53.7 cm³/mol. The Hall–Kier alpha value is -1.73. The summed E-state index contributed by atoms with van der Waals surface area (Å²) in [7, 11) is 0. The van der Waals surface area contributed by atoms with Crippen molar-refractivity contribution in [3.63, 3.8) is 0 Å². The fourth-order valence-corrected chi connectivity index (χ4v) is 1.59. The van der Waals surface area contributed by atoms with Crippen molar-refractivity contribution in [1.29, 1.82) is 5.26 Å². The van der Waals surface area contributed by atoms with Crippen LogP contribution in [0.15, 0.2) is 12.1 Å². The smallest absolute Gasteiger partial charge is 0.307 e. The third-order valence-electron chi connectivity index (χ3n) is 1.98. The average Bonchev–Trinajstić information content (AvgIpc) is 2.19. The standard InChI is InChI=1S/C10H8ClNO3/c11-4-7-6(3-10(14)15)1-2-9(13)8(7)5-12/h1-2,13H,3-4H2,(H,14,15). The molecule has 0 atom stereocenters. The van der Waals surface area contributed by atoms with Crippen molar-refractivity contribution in [3.05, 3.63) is 28.8 Å². The number of halogens is 1. The van der Waals surface area contributed by atoms with Crippen molar-refractivity contribution in [2.45, 2.75) is 12.3 Å². The molecule has 0 saturated heterocycles. The highest BCUT2D eigenvalue weighted by Crippen LogP contribution is 2.25. The van der Waals surface area contributed by atoms with Gasteiger partial charge in [0.25, 0.3) is 0 Å². The minimum atomic E-state index is -1.00. The van der Waals surface area contributed by atoms with E-state index in [1.54, 1.807) is 6.07 Å². The van der Waals surface area contributed by atoms with Crippen LogP contribution in [0.3, 0.4) is 0 Å². The second-order valence-electron chi connectivity index (χ2n) is 2.91. The predicted octanol–water partition coefficient (Wildman–Crippen LogP) is 1.63. The molecule has 0 spiro atoms. The highest BCUT2D eigenvalue weighted by molar-refractivity contribution is 6.17. The van der Waals surface area contributed by atoms with E-state index in [1.807, 2.05) is 0 Å². The van der Waals surface area contributed by atoms with Crippen LogP contribution in [0.4, 0.5) is 0 Å². The van der Waals surface area contributed by atoms with E-state index in [0.717, 1.165) is 0 Å². The Morgan fingerprint density at radius 1 is 1.53 bits per heavy atom. The number of alkyl halides is 1. The number of phenolic OH excluding ortho intramolecular Hbond substituents is 1. The first kappa shape index (κ1) is 11.3. The Labute approximate surface area is 91.3 Å². The number of hydrogen-bond acceptors (Lipinski definition) is 3. The number of nitrogens with zero attached hydrogens (tertiary/aromatic N) is 1.